The van der Waals surface area contributed by atoms with Crippen LogP contribution in [-0.4, -0.2) is 68.7 Å². The lowest BCUT2D eigenvalue weighted by atomic mass is 10.1. The van der Waals surface area contributed by atoms with Crippen LogP contribution in [0.3, 0.4) is 0 Å². The maximum atomic E-state index is 5.91. The predicted molar refractivity (Wildman–Crippen MR) is 110 cm³/mol. The fourth-order valence-electron chi connectivity index (χ4n) is 4.29. The Morgan fingerprint density at radius 1 is 1.44 bits per heavy atom. The number of hydrogen-bond acceptors (Lipinski definition) is 4. The highest BCUT2D eigenvalue weighted by Crippen LogP contribution is 2.34. The highest BCUT2D eigenvalue weighted by molar-refractivity contribution is 5.79. The zero-order valence-electron chi connectivity index (χ0n) is 17.4. The Bertz CT molecular complexity index is 676. The van der Waals surface area contributed by atoms with Gasteiger partial charge in [-0.1, -0.05) is 6.92 Å². The third-order valence-electron chi connectivity index (χ3n) is 5.70. The molecule has 0 spiro atoms. The summed E-state index contributed by atoms with van der Waals surface area (Å²) in [7, 11) is 5.69. The van der Waals surface area contributed by atoms with Crippen molar-refractivity contribution in [2.24, 2.45) is 4.99 Å². The van der Waals surface area contributed by atoms with Crippen molar-refractivity contribution in [3.05, 3.63) is 23.3 Å². The van der Waals surface area contributed by atoms with Gasteiger partial charge in [-0.05, 0) is 45.0 Å². The first-order valence-electron chi connectivity index (χ1n) is 10.1. The van der Waals surface area contributed by atoms with Crippen LogP contribution in [-0.2, 0) is 13.0 Å². The summed E-state index contributed by atoms with van der Waals surface area (Å²) in [6, 6.07) is 4.83. The van der Waals surface area contributed by atoms with E-state index >= 15 is 0 Å². The highest BCUT2D eigenvalue weighted by Gasteiger charge is 2.25. The lowest BCUT2D eigenvalue weighted by Gasteiger charge is -2.30. The van der Waals surface area contributed by atoms with Crippen LogP contribution in [0, 0.1) is 0 Å². The van der Waals surface area contributed by atoms with E-state index in [4.69, 9.17) is 9.47 Å². The van der Waals surface area contributed by atoms with Crippen molar-refractivity contribution in [3.8, 4) is 11.5 Å². The Morgan fingerprint density at radius 2 is 2.26 bits per heavy atom. The molecular weight excluding hydrogens is 340 g/mol. The van der Waals surface area contributed by atoms with Crippen LogP contribution in [0.15, 0.2) is 17.1 Å². The second kappa shape index (κ2) is 8.83. The van der Waals surface area contributed by atoms with Crippen LogP contribution in [0.4, 0.5) is 0 Å². The molecule has 2 aliphatic heterocycles. The molecule has 1 aromatic rings. The van der Waals surface area contributed by atoms with E-state index in [1.165, 1.54) is 24.9 Å². The van der Waals surface area contributed by atoms with Gasteiger partial charge in [0.2, 0.25) is 0 Å². The lowest BCUT2D eigenvalue weighted by molar-refractivity contribution is 0.232. The number of aliphatic imine (C=N–C) groups is 1. The molecule has 27 heavy (non-hydrogen) atoms. The predicted octanol–water partition coefficient (Wildman–Crippen LogP) is 2.51. The van der Waals surface area contributed by atoms with Crippen LogP contribution in [0.5, 0.6) is 11.5 Å². The monoisotopic (exact) mass is 374 g/mol. The summed E-state index contributed by atoms with van der Waals surface area (Å²) in [5.74, 6) is 2.80. The number of ether oxygens (including phenoxy) is 2. The number of methoxy groups -OCH3 is 1. The molecule has 2 unspecified atom stereocenters. The van der Waals surface area contributed by atoms with Gasteiger partial charge in [-0.3, -0.25) is 9.89 Å². The number of rotatable bonds is 6. The Morgan fingerprint density at radius 3 is 2.96 bits per heavy atom. The average molecular weight is 375 g/mol. The van der Waals surface area contributed by atoms with Crippen molar-refractivity contribution in [2.75, 3.05) is 40.8 Å². The number of benzene rings is 1. The Hall–Kier alpha value is -1.95. The number of likely N-dealkylation sites (N-methyl/N-ethyl adjacent to an activating group) is 2. The minimum absolute atomic E-state index is 0.236. The van der Waals surface area contributed by atoms with E-state index in [9.17, 15) is 0 Å². The van der Waals surface area contributed by atoms with Crippen molar-refractivity contribution in [2.45, 2.75) is 51.8 Å². The topological polar surface area (TPSA) is 49.3 Å². The van der Waals surface area contributed by atoms with Gasteiger partial charge < -0.3 is 19.7 Å². The van der Waals surface area contributed by atoms with E-state index in [0.717, 1.165) is 42.5 Å². The van der Waals surface area contributed by atoms with Crippen molar-refractivity contribution >= 4 is 5.96 Å². The van der Waals surface area contributed by atoms with E-state index in [0.29, 0.717) is 12.6 Å². The molecule has 150 valence electrons. The second-order valence-corrected chi connectivity index (χ2v) is 7.61. The molecule has 2 aliphatic rings. The van der Waals surface area contributed by atoms with Crippen LogP contribution in [0.2, 0.25) is 0 Å². The molecule has 0 bridgehead atoms. The largest absolute Gasteiger partial charge is 0.496 e. The zero-order chi connectivity index (χ0) is 19.4. The van der Waals surface area contributed by atoms with Crippen molar-refractivity contribution in [1.29, 1.82) is 0 Å². The standard InChI is InChI=1S/C21H34N4O2/c1-6-25-9-7-8-18(25)14-24(4)21(22-3)23-13-17-12-20-16(10-15(2)27-20)11-19(17)26-5/h11-12,15,18H,6-10,13-14H2,1-5H3,(H,22,23). The smallest absolute Gasteiger partial charge is 0.193 e. The molecular formula is C21H34N4O2. The molecule has 2 atom stereocenters. The van der Waals surface area contributed by atoms with Gasteiger partial charge in [-0.2, -0.15) is 0 Å². The minimum Gasteiger partial charge on any atom is -0.496 e. The Kier molecular flexibility index (Phi) is 6.47. The molecule has 6 heteroatoms. The van der Waals surface area contributed by atoms with E-state index in [2.05, 4.69) is 53.1 Å². The van der Waals surface area contributed by atoms with Gasteiger partial charge in [0.05, 0.1) is 7.11 Å². The summed E-state index contributed by atoms with van der Waals surface area (Å²) in [4.78, 5) is 9.27. The maximum absolute atomic E-state index is 5.91. The van der Waals surface area contributed by atoms with E-state index in [-0.39, 0.29) is 6.10 Å². The molecule has 0 amide bonds. The molecule has 0 saturated carbocycles. The fourth-order valence-corrected chi connectivity index (χ4v) is 4.29. The molecule has 1 aromatic carbocycles. The first kappa shape index (κ1) is 19.8. The molecule has 0 radical (unpaired) electrons. The average Bonchev–Trinajstić information content (AvgIpc) is 3.25. The quantitative estimate of drug-likeness (QED) is 0.612. The molecule has 6 nitrogen and oxygen atoms in total. The van der Waals surface area contributed by atoms with Crippen molar-refractivity contribution < 1.29 is 9.47 Å². The molecule has 1 saturated heterocycles. The van der Waals surface area contributed by atoms with Gasteiger partial charge in [0.1, 0.15) is 17.6 Å². The number of nitrogens with zero attached hydrogens (tertiary/aromatic N) is 3. The summed E-state index contributed by atoms with van der Waals surface area (Å²) in [6.45, 7) is 8.34. The Balaban J connectivity index is 1.63. The second-order valence-electron chi connectivity index (χ2n) is 7.61. The first-order valence-corrected chi connectivity index (χ1v) is 10.1. The number of hydrogen-bond donors (Lipinski definition) is 1. The normalized spacial score (nSPS) is 22.5. The molecule has 3 rings (SSSR count). The van der Waals surface area contributed by atoms with Gasteiger partial charge in [0, 0.05) is 50.8 Å². The molecule has 1 N–H and O–H groups in total. The fraction of sp³-hybridized carbons (Fsp3) is 0.667. The van der Waals surface area contributed by atoms with Gasteiger partial charge in [-0.25, -0.2) is 0 Å². The lowest BCUT2D eigenvalue weighted by Crippen LogP contribution is -2.45. The molecule has 1 fully saturated rings. The van der Waals surface area contributed by atoms with Gasteiger partial charge in [-0.15, -0.1) is 0 Å². The number of likely N-dealkylation sites (tertiary alicyclic amines) is 1. The van der Waals surface area contributed by atoms with E-state index in [1.807, 2.05) is 7.05 Å². The minimum atomic E-state index is 0.236. The summed E-state index contributed by atoms with van der Waals surface area (Å²) < 4.78 is 11.5. The highest BCUT2D eigenvalue weighted by atomic mass is 16.5. The van der Waals surface area contributed by atoms with E-state index in [1.54, 1.807) is 7.11 Å². The van der Waals surface area contributed by atoms with E-state index < -0.39 is 0 Å². The number of nitrogens with one attached hydrogen (secondary N) is 1. The summed E-state index contributed by atoms with van der Waals surface area (Å²) in [6.07, 6.45) is 3.74. The third kappa shape index (κ3) is 4.49. The van der Waals surface area contributed by atoms with Crippen LogP contribution < -0.4 is 14.8 Å². The van der Waals surface area contributed by atoms with Crippen molar-refractivity contribution in [1.82, 2.24) is 15.1 Å². The number of fused-ring (bicyclic) bond motifs is 1. The summed E-state index contributed by atoms with van der Waals surface area (Å²) in [5.41, 5.74) is 2.32. The summed E-state index contributed by atoms with van der Waals surface area (Å²) in [5, 5.41) is 3.49. The van der Waals surface area contributed by atoms with Crippen LogP contribution >= 0.6 is 0 Å². The number of guanidine groups is 1. The Labute approximate surface area is 163 Å². The van der Waals surface area contributed by atoms with Crippen LogP contribution in [0.25, 0.3) is 0 Å². The molecule has 0 aromatic heterocycles. The first-order chi connectivity index (χ1) is 13.0. The van der Waals surface area contributed by atoms with Gasteiger partial charge in [0.25, 0.3) is 0 Å². The molecule has 0 aliphatic carbocycles. The van der Waals surface area contributed by atoms with Gasteiger partial charge in [0.15, 0.2) is 5.96 Å². The maximum Gasteiger partial charge on any atom is 0.193 e. The third-order valence-corrected chi connectivity index (χ3v) is 5.70. The zero-order valence-corrected chi connectivity index (χ0v) is 17.4. The SMILES string of the molecule is CCN1CCCC1CN(C)C(=NC)NCc1cc2c(cc1OC)CC(C)O2. The summed E-state index contributed by atoms with van der Waals surface area (Å²) >= 11 is 0. The van der Waals surface area contributed by atoms with Crippen LogP contribution in [0.1, 0.15) is 37.8 Å². The van der Waals surface area contributed by atoms with Crippen molar-refractivity contribution in [3.63, 3.8) is 0 Å². The molecule has 2 heterocycles. The van der Waals surface area contributed by atoms with Gasteiger partial charge >= 0.3 is 0 Å².